The maximum atomic E-state index is 6.20. The number of nitrogens with one attached hydrogen (secondary N) is 1. The van der Waals surface area contributed by atoms with Crippen LogP contribution in [0.4, 0.5) is 23.1 Å². The molecule has 4 rings (SSSR count). The van der Waals surface area contributed by atoms with Gasteiger partial charge in [-0.15, -0.1) is 0 Å². The lowest BCUT2D eigenvalue weighted by Crippen LogP contribution is -2.46. The molecule has 1 aliphatic rings. The molecule has 1 N–H and O–H groups in total. The molecule has 0 radical (unpaired) electrons. The SMILES string of the molecule is Clc1ccccc1Nc1nccc(N2CCN(c3ccccc3)CC2)n1. The van der Waals surface area contributed by atoms with Gasteiger partial charge in [-0.05, 0) is 30.3 Å². The lowest BCUT2D eigenvalue weighted by atomic mass is 10.2. The summed E-state index contributed by atoms with van der Waals surface area (Å²) in [6.07, 6.45) is 1.78. The van der Waals surface area contributed by atoms with Crippen LogP contribution < -0.4 is 15.1 Å². The second-order valence-corrected chi connectivity index (χ2v) is 6.56. The van der Waals surface area contributed by atoms with Crippen molar-refractivity contribution in [2.75, 3.05) is 41.3 Å². The van der Waals surface area contributed by atoms with Gasteiger partial charge in [0.15, 0.2) is 0 Å². The van der Waals surface area contributed by atoms with Crippen molar-refractivity contribution in [3.63, 3.8) is 0 Å². The number of aromatic nitrogens is 2. The third-order valence-electron chi connectivity index (χ3n) is 4.49. The Balaban J connectivity index is 1.44. The van der Waals surface area contributed by atoms with Crippen LogP contribution in [0.2, 0.25) is 5.02 Å². The highest BCUT2D eigenvalue weighted by Crippen LogP contribution is 2.24. The summed E-state index contributed by atoms with van der Waals surface area (Å²) in [5, 5.41) is 3.85. The number of hydrogen-bond donors (Lipinski definition) is 1. The summed E-state index contributed by atoms with van der Waals surface area (Å²) < 4.78 is 0. The average Bonchev–Trinajstić information content (AvgIpc) is 2.71. The third-order valence-corrected chi connectivity index (χ3v) is 4.82. The number of hydrogen-bond acceptors (Lipinski definition) is 5. The van der Waals surface area contributed by atoms with E-state index in [1.165, 1.54) is 5.69 Å². The standard InChI is InChI=1S/C20H20ClN5/c21-17-8-4-5-9-18(17)23-20-22-11-10-19(24-20)26-14-12-25(13-15-26)16-6-2-1-3-7-16/h1-11H,12-15H2,(H,22,23,24). The van der Waals surface area contributed by atoms with E-state index in [0.717, 1.165) is 37.7 Å². The van der Waals surface area contributed by atoms with Crippen LogP contribution in [0.1, 0.15) is 0 Å². The van der Waals surface area contributed by atoms with Crippen LogP contribution in [0.5, 0.6) is 0 Å². The molecule has 2 heterocycles. The van der Waals surface area contributed by atoms with Crippen molar-refractivity contribution in [3.8, 4) is 0 Å². The molecule has 0 saturated carbocycles. The van der Waals surface area contributed by atoms with Crippen LogP contribution in [0.25, 0.3) is 0 Å². The maximum Gasteiger partial charge on any atom is 0.229 e. The Bertz CT molecular complexity index is 863. The molecular weight excluding hydrogens is 346 g/mol. The minimum absolute atomic E-state index is 0.557. The minimum Gasteiger partial charge on any atom is -0.368 e. The summed E-state index contributed by atoms with van der Waals surface area (Å²) in [7, 11) is 0. The van der Waals surface area contributed by atoms with Crippen LogP contribution in [-0.4, -0.2) is 36.1 Å². The Morgan fingerprint density at radius 2 is 1.50 bits per heavy atom. The second-order valence-electron chi connectivity index (χ2n) is 6.15. The summed E-state index contributed by atoms with van der Waals surface area (Å²) in [6, 6.07) is 20.1. The number of nitrogens with zero attached hydrogens (tertiary/aromatic N) is 4. The number of benzene rings is 2. The van der Waals surface area contributed by atoms with Gasteiger partial charge >= 0.3 is 0 Å². The highest BCUT2D eigenvalue weighted by atomic mass is 35.5. The van der Waals surface area contributed by atoms with Gasteiger partial charge in [-0.3, -0.25) is 0 Å². The normalized spacial score (nSPS) is 14.3. The predicted octanol–water partition coefficient (Wildman–Crippen LogP) is 4.20. The van der Waals surface area contributed by atoms with E-state index in [-0.39, 0.29) is 0 Å². The molecule has 0 bridgehead atoms. The Labute approximate surface area is 158 Å². The lowest BCUT2D eigenvalue weighted by Gasteiger charge is -2.36. The molecule has 0 aliphatic carbocycles. The first-order valence-electron chi connectivity index (χ1n) is 8.69. The molecule has 5 nitrogen and oxygen atoms in total. The van der Waals surface area contributed by atoms with E-state index in [4.69, 9.17) is 11.6 Å². The summed E-state index contributed by atoms with van der Waals surface area (Å²) in [5.41, 5.74) is 2.08. The monoisotopic (exact) mass is 365 g/mol. The fourth-order valence-corrected chi connectivity index (χ4v) is 3.28. The molecule has 6 heteroatoms. The van der Waals surface area contributed by atoms with E-state index in [1.807, 2.05) is 36.4 Å². The fourth-order valence-electron chi connectivity index (χ4n) is 3.10. The highest BCUT2D eigenvalue weighted by Gasteiger charge is 2.18. The Morgan fingerprint density at radius 3 is 2.27 bits per heavy atom. The van der Waals surface area contributed by atoms with Crippen molar-refractivity contribution in [1.29, 1.82) is 0 Å². The summed E-state index contributed by atoms with van der Waals surface area (Å²) in [4.78, 5) is 13.7. The molecule has 1 aromatic heterocycles. The van der Waals surface area contributed by atoms with E-state index in [2.05, 4.69) is 49.4 Å². The van der Waals surface area contributed by atoms with E-state index in [0.29, 0.717) is 11.0 Å². The second kappa shape index (κ2) is 7.62. The maximum absolute atomic E-state index is 6.20. The molecule has 0 amide bonds. The first-order chi connectivity index (χ1) is 12.8. The number of para-hydroxylation sites is 2. The number of rotatable bonds is 4. The molecule has 1 aliphatic heterocycles. The molecule has 132 valence electrons. The van der Waals surface area contributed by atoms with Gasteiger partial charge in [0.1, 0.15) is 5.82 Å². The molecule has 1 saturated heterocycles. The van der Waals surface area contributed by atoms with E-state index < -0.39 is 0 Å². The highest BCUT2D eigenvalue weighted by molar-refractivity contribution is 6.33. The smallest absolute Gasteiger partial charge is 0.229 e. The van der Waals surface area contributed by atoms with E-state index in [1.54, 1.807) is 6.20 Å². The molecular formula is C20H20ClN5. The van der Waals surface area contributed by atoms with Gasteiger partial charge in [0.25, 0.3) is 0 Å². The average molecular weight is 366 g/mol. The zero-order valence-electron chi connectivity index (χ0n) is 14.3. The van der Waals surface area contributed by atoms with Gasteiger partial charge in [0, 0.05) is 38.1 Å². The number of halogens is 1. The third kappa shape index (κ3) is 3.73. The van der Waals surface area contributed by atoms with Crippen molar-refractivity contribution < 1.29 is 0 Å². The predicted molar refractivity (Wildman–Crippen MR) is 108 cm³/mol. The van der Waals surface area contributed by atoms with Gasteiger partial charge < -0.3 is 15.1 Å². The summed E-state index contributed by atoms with van der Waals surface area (Å²) >= 11 is 6.20. The fraction of sp³-hybridized carbons (Fsp3) is 0.200. The molecule has 1 fully saturated rings. The van der Waals surface area contributed by atoms with Crippen LogP contribution in [0, 0.1) is 0 Å². The molecule has 0 atom stereocenters. The number of anilines is 4. The van der Waals surface area contributed by atoms with Crippen molar-refractivity contribution >= 4 is 34.7 Å². The van der Waals surface area contributed by atoms with E-state index >= 15 is 0 Å². The first kappa shape index (κ1) is 16.7. The zero-order chi connectivity index (χ0) is 17.8. The Hall–Kier alpha value is -2.79. The van der Waals surface area contributed by atoms with Crippen LogP contribution >= 0.6 is 11.6 Å². The number of piperazine rings is 1. The van der Waals surface area contributed by atoms with Crippen molar-refractivity contribution in [2.45, 2.75) is 0 Å². The van der Waals surface area contributed by atoms with Crippen molar-refractivity contribution in [3.05, 3.63) is 71.9 Å². The van der Waals surface area contributed by atoms with Gasteiger partial charge in [-0.2, -0.15) is 4.98 Å². The summed E-state index contributed by atoms with van der Waals surface area (Å²) in [6.45, 7) is 3.80. The Kier molecular flexibility index (Phi) is 4.88. The molecule has 26 heavy (non-hydrogen) atoms. The molecule has 2 aromatic carbocycles. The topological polar surface area (TPSA) is 44.3 Å². The quantitative estimate of drug-likeness (QED) is 0.750. The van der Waals surface area contributed by atoms with Gasteiger partial charge in [-0.1, -0.05) is 41.9 Å². The van der Waals surface area contributed by atoms with E-state index in [9.17, 15) is 0 Å². The van der Waals surface area contributed by atoms with Gasteiger partial charge in [0.2, 0.25) is 5.95 Å². The zero-order valence-corrected chi connectivity index (χ0v) is 15.1. The Morgan fingerprint density at radius 1 is 0.808 bits per heavy atom. The minimum atomic E-state index is 0.557. The largest absolute Gasteiger partial charge is 0.368 e. The molecule has 0 spiro atoms. The van der Waals surface area contributed by atoms with Gasteiger partial charge in [-0.25, -0.2) is 4.98 Å². The molecule has 0 unspecified atom stereocenters. The van der Waals surface area contributed by atoms with Crippen molar-refractivity contribution in [1.82, 2.24) is 9.97 Å². The lowest BCUT2D eigenvalue weighted by molar-refractivity contribution is 0.647. The van der Waals surface area contributed by atoms with Crippen LogP contribution in [0.3, 0.4) is 0 Å². The molecule has 3 aromatic rings. The van der Waals surface area contributed by atoms with Crippen molar-refractivity contribution in [2.24, 2.45) is 0 Å². The first-order valence-corrected chi connectivity index (χ1v) is 9.07. The van der Waals surface area contributed by atoms with Crippen LogP contribution in [-0.2, 0) is 0 Å². The summed E-state index contributed by atoms with van der Waals surface area (Å²) in [5.74, 6) is 1.49. The van der Waals surface area contributed by atoms with Crippen LogP contribution in [0.15, 0.2) is 66.9 Å². The van der Waals surface area contributed by atoms with Gasteiger partial charge in [0.05, 0.1) is 10.7 Å².